The lowest BCUT2D eigenvalue weighted by Crippen LogP contribution is -2.03. The minimum absolute atomic E-state index is 0.237. The van der Waals surface area contributed by atoms with Crippen LogP contribution in [-0.4, -0.2) is 20.6 Å². The van der Waals surface area contributed by atoms with Gasteiger partial charge in [0.2, 0.25) is 5.95 Å². The molecule has 0 radical (unpaired) electrons. The third-order valence-electron chi connectivity index (χ3n) is 3.01. The minimum Gasteiger partial charge on any atom is -0.478 e. The highest BCUT2D eigenvalue weighted by atomic mass is 16.4. The Labute approximate surface area is 105 Å². The maximum absolute atomic E-state index is 10.9. The van der Waals surface area contributed by atoms with Gasteiger partial charge in [0.25, 0.3) is 0 Å². The number of nitrogens with zero attached hydrogens (tertiary/aromatic N) is 2. The fraction of sp³-hybridized carbons (Fsp3) is 0.385. The highest BCUT2D eigenvalue weighted by molar-refractivity contribution is 5.92. The summed E-state index contributed by atoms with van der Waals surface area (Å²) in [5.74, 6) is -0.500. The number of carbonyl (C=O) groups is 1. The summed E-state index contributed by atoms with van der Waals surface area (Å²) in [4.78, 5) is 15.1. The second-order valence-electron chi connectivity index (χ2n) is 4.34. The van der Waals surface area contributed by atoms with Crippen LogP contribution >= 0.6 is 0 Å². The maximum Gasteiger partial charge on any atom is 0.335 e. The smallest absolute Gasteiger partial charge is 0.335 e. The highest BCUT2D eigenvalue weighted by Crippen LogP contribution is 2.20. The number of aromatic nitrogens is 2. The Morgan fingerprint density at radius 2 is 2.22 bits per heavy atom. The molecule has 5 nitrogen and oxygen atoms in total. The molecule has 0 spiro atoms. The van der Waals surface area contributed by atoms with Crippen molar-refractivity contribution in [2.24, 2.45) is 0 Å². The van der Waals surface area contributed by atoms with Crippen LogP contribution in [0.1, 0.15) is 36.5 Å². The Kier molecular flexibility index (Phi) is 3.50. The Morgan fingerprint density at radius 1 is 1.44 bits per heavy atom. The number of aryl methyl sites for hydroxylation is 1. The van der Waals surface area contributed by atoms with Gasteiger partial charge in [-0.3, -0.25) is 0 Å². The molecule has 0 atom stereocenters. The zero-order valence-corrected chi connectivity index (χ0v) is 10.4. The summed E-state index contributed by atoms with van der Waals surface area (Å²) < 4.78 is 1.94. The molecule has 1 aromatic carbocycles. The molecule has 0 aliphatic heterocycles. The average Bonchev–Trinajstić information content (AvgIpc) is 2.65. The van der Waals surface area contributed by atoms with E-state index in [0.29, 0.717) is 11.5 Å². The molecule has 0 bridgehead atoms. The highest BCUT2D eigenvalue weighted by Gasteiger charge is 2.10. The van der Waals surface area contributed by atoms with Gasteiger partial charge in [-0.15, -0.1) is 0 Å². The van der Waals surface area contributed by atoms with Crippen LogP contribution in [0.2, 0.25) is 0 Å². The zero-order chi connectivity index (χ0) is 13.1. The topological polar surface area (TPSA) is 81.1 Å². The summed E-state index contributed by atoms with van der Waals surface area (Å²) in [6.45, 7) is 2.97. The number of carboxylic acid groups (broad SMARTS) is 1. The van der Waals surface area contributed by atoms with Crippen molar-refractivity contribution in [3.8, 4) is 0 Å². The Morgan fingerprint density at radius 3 is 2.89 bits per heavy atom. The molecule has 2 aromatic rings. The Bertz CT molecular complexity index is 575. The van der Waals surface area contributed by atoms with Crippen LogP contribution in [0, 0.1) is 0 Å². The van der Waals surface area contributed by atoms with Crippen molar-refractivity contribution in [3.63, 3.8) is 0 Å². The number of aromatic carboxylic acids is 1. The average molecular weight is 247 g/mol. The van der Waals surface area contributed by atoms with Gasteiger partial charge in [-0.25, -0.2) is 9.78 Å². The van der Waals surface area contributed by atoms with Gasteiger partial charge in [0.15, 0.2) is 0 Å². The summed E-state index contributed by atoms with van der Waals surface area (Å²) in [7, 11) is 0. The molecule has 2 rings (SSSR count). The number of nitrogens with two attached hydrogens (primary N) is 1. The summed E-state index contributed by atoms with van der Waals surface area (Å²) in [6, 6.07) is 4.92. The number of hydrogen-bond acceptors (Lipinski definition) is 3. The fourth-order valence-electron chi connectivity index (χ4n) is 2.04. The third kappa shape index (κ3) is 2.30. The first-order valence-corrected chi connectivity index (χ1v) is 6.12. The molecule has 0 aliphatic rings. The largest absolute Gasteiger partial charge is 0.478 e. The first kappa shape index (κ1) is 12.4. The third-order valence-corrected chi connectivity index (χ3v) is 3.01. The lowest BCUT2D eigenvalue weighted by Gasteiger charge is -2.05. The number of carboxylic acids is 1. The van der Waals surface area contributed by atoms with Gasteiger partial charge in [0.1, 0.15) is 0 Å². The van der Waals surface area contributed by atoms with Crippen molar-refractivity contribution in [2.75, 3.05) is 5.73 Å². The van der Waals surface area contributed by atoms with E-state index in [9.17, 15) is 4.79 Å². The minimum atomic E-state index is -0.948. The van der Waals surface area contributed by atoms with E-state index in [1.165, 1.54) is 0 Å². The molecule has 0 unspecified atom stereocenters. The lowest BCUT2D eigenvalue weighted by atomic mass is 10.2. The van der Waals surface area contributed by atoms with E-state index in [-0.39, 0.29) is 5.56 Å². The summed E-state index contributed by atoms with van der Waals surface area (Å²) in [6.07, 6.45) is 3.34. The first-order chi connectivity index (χ1) is 8.63. The molecule has 1 aromatic heterocycles. The van der Waals surface area contributed by atoms with Crippen LogP contribution in [0.4, 0.5) is 5.95 Å². The monoisotopic (exact) mass is 247 g/mol. The van der Waals surface area contributed by atoms with Crippen LogP contribution < -0.4 is 5.73 Å². The molecule has 0 aliphatic carbocycles. The molecule has 18 heavy (non-hydrogen) atoms. The number of rotatable bonds is 5. The summed E-state index contributed by atoms with van der Waals surface area (Å²) in [5, 5.41) is 8.93. The van der Waals surface area contributed by atoms with E-state index in [2.05, 4.69) is 11.9 Å². The van der Waals surface area contributed by atoms with E-state index in [4.69, 9.17) is 10.8 Å². The van der Waals surface area contributed by atoms with Gasteiger partial charge >= 0.3 is 5.97 Å². The van der Waals surface area contributed by atoms with Crippen molar-refractivity contribution in [1.29, 1.82) is 0 Å². The van der Waals surface area contributed by atoms with Crippen molar-refractivity contribution < 1.29 is 9.90 Å². The number of anilines is 1. The Balaban J connectivity index is 2.36. The number of fused-ring (bicyclic) bond motifs is 1. The first-order valence-electron chi connectivity index (χ1n) is 6.12. The zero-order valence-electron chi connectivity index (χ0n) is 10.4. The number of imidazole rings is 1. The maximum atomic E-state index is 10.9. The predicted octanol–water partition coefficient (Wildman–Crippen LogP) is 2.51. The second kappa shape index (κ2) is 5.08. The van der Waals surface area contributed by atoms with Gasteiger partial charge in [0.05, 0.1) is 16.6 Å². The molecule has 0 fully saturated rings. The van der Waals surface area contributed by atoms with Crippen LogP contribution in [0.3, 0.4) is 0 Å². The van der Waals surface area contributed by atoms with Gasteiger partial charge in [0, 0.05) is 6.54 Å². The van der Waals surface area contributed by atoms with Crippen molar-refractivity contribution >= 4 is 23.0 Å². The fourth-order valence-corrected chi connectivity index (χ4v) is 2.04. The number of hydrogen-bond donors (Lipinski definition) is 2. The van der Waals surface area contributed by atoms with Crippen molar-refractivity contribution in [2.45, 2.75) is 32.7 Å². The van der Waals surface area contributed by atoms with E-state index >= 15 is 0 Å². The van der Waals surface area contributed by atoms with E-state index in [0.717, 1.165) is 31.3 Å². The van der Waals surface area contributed by atoms with Crippen LogP contribution in [0.15, 0.2) is 18.2 Å². The van der Waals surface area contributed by atoms with Crippen molar-refractivity contribution in [1.82, 2.24) is 9.55 Å². The van der Waals surface area contributed by atoms with E-state index in [1.54, 1.807) is 18.2 Å². The molecule has 3 N–H and O–H groups in total. The van der Waals surface area contributed by atoms with Crippen LogP contribution in [-0.2, 0) is 6.54 Å². The molecule has 96 valence electrons. The van der Waals surface area contributed by atoms with E-state index in [1.807, 2.05) is 4.57 Å². The quantitative estimate of drug-likeness (QED) is 0.795. The SMILES string of the molecule is CCCCCn1c(N)nc2cc(C(=O)O)ccc21. The summed E-state index contributed by atoms with van der Waals surface area (Å²) in [5.41, 5.74) is 7.64. The molecular formula is C13H17N3O2. The second-order valence-corrected chi connectivity index (χ2v) is 4.34. The molecule has 0 saturated heterocycles. The van der Waals surface area contributed by atoms with Gasteiger partial charge in [-0.05, 0) is 24.6 Å². The number of nitrogen functional groups attached to an aromatic ring is 1. The molecule has 5 heteroatoms. The van der Waals surface area contributed by atoms with Gasteiger partial charge in [-0.1, -0.05) is 19.8 Å². The lowest BCUT2D eigenvalue weighted by molar-refractivity contribution is 0.0697. The molecule has 0 saturated carbocycles. The summed E-state index contributed by atoms with van der Waals surface area (Å²) >= 11 is 0. The standard InChI is InChI=1S/C13H17N3O2/c1-2-3-4-7-16-11-6-5-9(12(17)18)8-10(11)15-13(16)14/h5-6,8H,2-4,7H2,1H3,(H2,14,15)(H,17,18). The van der Waals surface area contributed by atoms with Gasteiger partial charge in [-0.2, -0.15) is 0 Å². The molecule has 1 heterocycles. The van der Waals surface area contributed by atoms with Crippen LogP contribution in [0.5, 0.6) is 0 Å². The Hall–Kier alpha value is -2.04. The van der Waals surface area contributed by atoms with Gasteiger partial charge < -0.3 is 15.4 Å². The van der Waals surface area contributed by atoms with Crippen molar-refractivity contribution in [3.05, 3.63) is 23.8 Å². The number of unbranched alkanes of at least 4 members (excludes halogenated alkanes) is 2. The normalized spacial score (nSPS) is 10.9. The molecule has 0 amide bonds. The molecular weight excluding hydrogens is 230 g/mol. The van der Waals surface area contributed by atoms with Crippen LogP contribution in [0.25, 0.3) is 11.0 Å². The predicted molar refractivity (Wildman–Crippen MR) is 70.6 cm³/mol. The van der Waals surface area contributed by atoms with E-state index < -0.39 is 5.97 Å². The number of benzene rings is 1.